The molecule has 1 saturated heterocycles. The lowest BCUT2D eigenvalue weighted by molar-refractivity contribution is -0.137. The van der Waals surface area contributed by atoms with Gasteiger partial charge in [0, 0.05) is 43.8 Å². The molecular formula is C25H38F3N3O3. The zero-order valence-electron chi connectivity index (χ0n) is 20.9. The van der Waals surface area contributed by atoms with Crippen molar-refractivity contribution in [2.45, 2.75) is 78.1 Å². The molecule has 0 aromatic heterocycles. The third-order valence-corrected chi connectivity index (χ3v) is 5.63. The first kappa shape index (κ1) is 27.8. The molecule has 1 N–H and O–H groups in total. The summed E-state index contributed by atoms with van der Waals surface area (Å²) in [5, 5.41) is 2.84. The van der Waals surface area contributed by atoms with Crippen LogP contribution in [0.25, 0.3) is 0 Å². The number of piperazine rings is 1. The summed E-state index contributed by atoms with van der Waals surface area (Å²) in [4.78, 5) is 28.5. The maximum Gasteiger partial charge on any atom is 0.416 e. The van der Waals surface area contributed by atoms with E-state index in [9.17, 15) is 22.8 Å². The normalized spacial score (nSPS) is 20.9. The number of carbonyl (C=O) groups excluding carboxylic acids is 2. The predicted octanol–water partition coefficient (Wildman–Crippen LogP) is 5.46. The van der Waals surface area contributed by atoms with Gasteiger partial charge < -0.3 is 19.9 Å². The zero-order valence-corrected chi connectivity index (χ0v) is 20.9. The fourth-order valence-electron chi connectivity index (χ4n) is 4.13. The van der Waals surface area contributed by atoms with Crippen molar-refractivity contribution in [1.29, 1.82) is 0 Å². The smallest absolute Gasteiger partial charge is 0.416 e. The molecule has 1 aliphatic heterocycles. The first-order valence-electron chi connectivity index (χ1n) is 12.0. The van der Waals surface area contributed by atoms with Crippen molar-refractivity contribution in [2.75, 3.05) is 31.1 Å². The van der Waals surface area contributed by atoms with E-state index < -0.39 is 23.4 Å². The number of carbonyl (C=O) groups is 2. The van der Waals surface area contributed by atoms with Gasteiger partial charge in [0.25, 0.3) is 0 Å². The van der Waals surface area contributed by atoms with Crippen molar-refractivity contribution in [3.8, 4) is 0 Å². The Morgan fingerprint density at radius 3 is 2.24 bits per heavy atom. The maximum absolute atomic E-state index is 13.0. The minimum Gasteiger partial charge on any atom is -0.444 e. The largest absolute Gasteiger partial charge is 0.444 e. The summed E-state index contributed by atoms with van der Waals surface area (Å²) < 4.78 is 44.2. The fourth-order valence-corrected chi connectivity index (χ4v) is 4.13. The second kappa shape index (κ2) is 11.8. The standard InChI is InChI=1S/C22H30F3N3O3.C3H8/c1-21(2,3)31-20(30)26-17-8-7-15(13-17)19(29)28-11-9-27(10-12-28)18-6-4-5-16(14-18)22(23,24)25;1-3-2/h4-6,14-15,17H,7-13H2,1-3H3,(H,26,30);3H2,1-2H3/t15-,17+;/m0./s1. The first-order chi connectivity index (χ1) is 15.8. The molecule has 0 unspecified atom stereocenters. The van der Waals surface area contributed by atoms with E-state index in [0.717, 1.165) is 18.6 Å². The van der Waals surface area contributed by atoms with Crippen molar-refractivity contribution >= 4 is 17.7 Å². The van der Waals surface area contributed by atoms with Gasteiger partial charge in [-0.25, -0.2) is 4.79 Å². The Balaban J connectivity index is 0.00000129. The summed E-state index contributed by atoms with van der Waals surface area (Å²) in [5.41, 5.74) is -0.723. The molecule has 34 heavy (non-hydrogen) atoms. The third kappa shape index (κ3) is 8.40. The second-order valence-corrected chi connectivity index (χ2v) is 9.92. The van der Waals surface area contributed by atoms with E-state index in [1.54, 1.807) is 31.7 Å². The summed E-state index contributed by atoms with van der Waals surface area (Å²) in [7, 11) is 0. The molecule has 3 rings (SSSR count). The van der Waals surface area contributed by atoms with Crippen LogP contribution in [-0.4, -0.2) is 54.7 Å². The number of halogens is 3. The highest BCUT2D eigenvalue weighted by atomic mass is 19.4. The van der Waals surface area contributed by atoms with E-state index in [1.165, 1.54) is 12.5 Å². The average molecular weight is 486 g/mol. The number of amides is 2. The van der Waals surface area contributed by atoms with Gasteiger partial charge in [0.05, 0.1) is 5.56 Å². The molecule has 2 atom stereocenters. The maximum atomic E-state index is 13.0. The van der Waals surface area contributed by atoms with E-state index in [4.69, 9.17) is 4.74 Å². The van der Waals surface area contributed by atoms with Crippen molar-refractivity contribution in [3.63, 3.8) is 0 Å². The van der Waals surface area contributed by atoms with Crippen LogP contribution in [-0.2, 0) is 15.7 Å². The van der Waals surface area contributed by atoms with Crippen molar-refractivity contribution in [2.24, 2.45) is 5.92 Å². The second-order valence-electron chi connectivity index (χ2n) is 9.92. The predicted molar refractivity (Wildman–Crippen MR) is 127 cm³/mol. The van der Waals surface area contributed by atoms with Gasteiger partial charge >= 0.3 is 12.3 Å². The molecule has 6 nitrogen and oxygen atoms in total. The number of alkyl carbamates (subject to hydrolysis) is 1. The number of ether oxygens (including phenoxy) is 1. The van der Waals surface area contributed by atoms with E-state index in [2.05, 4.69) is 19.2 Å². The summed E-state index contributed by atoms with van der Waals surface area (Å²) in [6.07, 6.45) is -1.60. The van der Waals surface area contributed by atoms with Crippen LogP contribution in [0, 0.1) is 5.92 Å². The van der Waals surface area contributed by atoms with Crippen molar-refractivity contribution < 1.29 is 27.5 Å². The Morgan fingerprint density at radius 1 is 1.06 bits per heavy atom. The van der Waals surface area contributed by atoms with Crippen LogP contribution in [0.4, 0.5) is 23.7 Å². The summed E-state index contributed by atoms with van der Waals surface area (Å²) in [6, 6.07) is 5.20. The lowest BCUT2D eigenvalue weighted by Gasteiger charge is -2.37. The molecule has 192 valence electrons. The summed E-state index contributed by atoms with van der Waals surface area (Å²) >= 11 is 0. The molecule has 1 saturated carbocycles. The highest BCUT2D eigenvalue weighted by Gasteiger charge is 2.35. The number of alkyl halides is 3. The van der Waals surface area contributed by atoms with Crippen LogP contribution >= 0.6 is 0 Å². The quantitative estimate of drug-likeness (QED) is 0.617. The highest BCUT2D eigenvalue weighted by Crippen LogP contribution is 2.32. The van der Waals surface area contributed by atoms with E-state index >= 15 is 0 Å². The number of benzene rings is 1. The van der Waals surface area contributed by atoms with E-state index in [1.807, 2.05) is 4.90 Å². The molecule has 0 radical (unpaired) electrons. The van der Waals surface area contributed by atoms with Gasteiger partial charge in [0.15, 0.2) is 0 Å². The van der Waals surface area contributed by atoms with Crippen LogP contribution in [0.5, 0.6) is 0 Å². The van der Waals surface area contributed by atoms with E-state index in [-0.39, 0.29) is 17.9 Å². The number of nitrogens with one attached hydrogen (secondary N) is 1. The Bertz CT molecular complexity index is 816. The zero-order chi connectivity index (χ0) is 25.5. The molecule has 2 fully saturated rings. The summed E-state index contributed by atoms with van der Waals surface area (Å²) in [5.74, 6) is -0.0998. The monoisotopic (exact) mass is 485 g/mol. The molecule has 0 spiro atoms. The summed E-state index contributed by atoms with van der Waals surface area (Å²) in [6.45, 7) is 11.6. The Labute approximate surface area is 200 Å². The van der Waals surface area contributed by atoms with Gasteiger partial charge in [-0.1, -0.05) is 26.3 Å². The number of hydrogen-bond donors (Lipinski definition) is 1. The van der Waals surface area contributed by atoms with Gasteiger partial charge in [-0.15, -0.1) is 0 Å². The fraction of sp³-hybridized carbons (Fsp3) is 0.680. The van der Waals surface area contributed by atoms with Crippen LogP contribution in [0.15, 0.2) is 24.3 Å². The third-order valence-electron chi connectivity index (χ3n) is 5.63. The van der Waals surface area contributed by atoms with Crippen molar-refractivity contribution in [3.05, 3.63) is 29.8 Å². The molecule has 1 aliphatic carbocycles. The SMILES string of the molecule is CC(C)(C)OC(=O)N[C@@H]1CC[C@H](C(=O)N2CCN(c3cccc(C(F)(F)F)c3)CC2)C1.CCC. The molecule has 0 bridgehead atoms. The van der Waals surface area contributed by atoms with Crippen LogP contribution < -0.4 is 10.2 Å². The van der Waals surface area contributed by atoms with Crippen LogP contribution in [0.2, 0.25) is 0 Å². The number of rotatable bonds is 3. The lowest BCUT2D eigenvalue weighted by atomic mass is 10.1. The Hall–Kier alpha value is -2.45. The van der Waals surface area contributed by atoms with E-state index in [0.29, 0.717) is 44.7 Å². The van der Waals surface area contributed by atoms with Gasteiger partial charge in [0.2, 0.25) is 5.91 Å². The number of anilines is 1. The number of hydrogen-bond acceptors (Lipinski definition) is 4. The molecule has 2 amide bonds. The molecule has 1 aromatic rings. The minimum absolute atomic E-state index is 0.0529. The van der Waals surface area contributed by atoms with Gasteiger partial charge in [-0.05, 0) is 58.2 Å². The molecule has 9 heteroatoms. The molecule has 1 heterocycles. The molecule has 2 aliphatic rings. The molecular weight excluding hydrogens is 447 g/mol. The van der Waals surface area contributed by atoms with Crippen LogP contribution in [0.3, 0.4) is 0 Å². The van der Waals surface area contributed by atoms with Gasteiger partial charge in [0.1, 0.15) is 5.60 Å². The van der Waals surface area contributed by atoms with Gasteiger partial charge in [-0.2, -0.15) is 13.2 Å². The van der Waals surface area contributed by atoms with Crippen LogP contribution in [0.1, 0.15) is 65.9 Å². The van der Waals surface area contributed by atoms with Crippen molar-refractivity contribution in [1.82, 2.24) is 10.2 Å². The Morgan fingerprint density at radius 2 is 1.68 bits per heavy atom. The topological polar surface area (TPSA) is 61.9 Å². The highest BCUT2D eigenvalue weighted by molar-refractivity contribution is 5.80. The average Bonchev–Trinajstić information content (AvgIpc) is 3.20. The molecule has 1 aromatic carbocycles. The lowest BCUT2D eigenvalue weighted by Crippen LogP contribution is -2.50. The first-order valence-corrected chi connectivity index (χ1v) is 12.0. The Kier molecular flexibility index (Phi) is 9.64. The van der Waals surface area contributed by atoms with Gasteiger partial charge in [-0.3, -0.25) is 4.79 Å². The number of nitrogens with zero attached hydrogens (tertiary/aromatic N) is 2. The minimum atomic E-state index is -4.37.